The number of ether oxygens (including phenoxy) is 2. The number of hydrogen-bond acceptors (Lipinski definition) is 3. The van der Waals surface area contributed by atoms with Gasteiger partial charge in [-0.1, -0.05) is 45.4 Å². The van der Waals surface area contributed by atoms with Gasteiger partial charge in [-0.15, -0.1) is 11.6 Å². The minimum Gasteiger partial charge on any atom is -0.434 e. The van der Waals surface area contributed by atoms with Crippen molar-refractivity contribution in [1.29, 1.82) is 0 Å². The molecule has 0 aromatic heterocycles. The lowest BCUT2D eigenvalue weighted by Crippen LogP contribution is -2.08. The molecular weight excluding hydrogens is 252 g/mol. The molecule has 4 heteroatoms. The Bertz CT molecular complexity index is 186. The molecule has 0 amide bonds. The van der Waals surface area contributed by atoms with E-state index in [4.69, 9.17) is 21.1 Å². The molecule has 0 aliphatic rings. The van der Waals surface area contributed by atoms with Crippen LogP contribution >= 0.6 is 11.6 Å². The third kappa shape index (κ3) is 13.6. The zero-order chi connectivity index (χ0) is 13.5. The van der Waals surface area contributed by atoms with Crippen LogP contribution in [0, 0.1) is 0 Å². The summed E-state index contributed by atoms with van der Waals surface area (Å²) in [5, 5.41) is 0. The van der Waals surface area contributed by atoms with Gasteiger partial charge in [-0.25, -0.2) is 4.79 Å². The molecule has 0 rings (SSSR count). The van der Waals surface area contributed by atoms with Crippen LogP contribution in [0.3, 0.4) is 0 Å². The topological polar surface area (TPSA) is 35.5 Å². The molecule has 0 spiro atoms. The molecule has 0 aliphatic carbocycles. The fourth-order valence-electron chi connectivity index (χ4n) is 1.64. The quantitative estimate of drug-likeness (QED) is 0.289. The molecular formula is C14H27ClO3. The molecule has 3 nitrogen and oxygen atoms in total. The molecule has 0 aliphatic heterocycles. The fourth-order valence-corrected chi connectivity index (χ4v) is 1.83. The van der Waals surface area contributed by atoms with E-state index in [0.717, 1.165) is 31.6 Å². The number of alkyl halides is 1. The molecule has 0 bridgehead atoms. The van der Waals surface area contributed by atoms with Crippen LogP contribution in [0.4, 0.5) is 4.79 Å². The SMILES string of the molecule is CCCOC(=O)OCCCCCCCCCCCl. The van der Waals surface area contributed by atoms with Crippen LogP contribution in [0.1, 0.15) is 64.7 Å². The van der Waals surface area contributed by atoms with Gasteiger partial charge in [-0.05, 0) is 19.3 Å². The Morgan fingerprint density at radius 3 is 1.89 bits per heavy atom. The van der Waals surface area contributed by atoms with Crippen molar-refractivity contribution in [3.05, 3.63) is 0 Å². The first-order chi connectivity index (χ1) is 8.81. The van der Waals surface area contributed by atoms with Gasteiger partial charge in [-0.2, -0.15) is 0 Å². The van der Waals surface area contributed by atoms with Gasteiger partial charge in [0.2, 0.25) is 0 Å². The van der Waals surface area contributed by atoms with Gasteiger partial charge in [-0.3, -0.25) is 0 Å². The van der Waals surface area contributed by atoms with Gasteiger partial charge < -0.3 is 9.47 Å². The van der Waals surface area contributed by atoms with E-state index in [1.54, 1.807) is 0 Å². The minimum atomic E-state index is -0.530. The number of unbranched alkanes of at least 4 members (excludes halogenated alkanes) is 7. The van der Waals surface area contributed by atoms with Gasteiger partial charge in [0, 0.05) is 5.88 Å². The van der Waals surface area contributed by atoms with E-state index in [0.29, 0.717) is 13.2 Å². The largest absolute Gasteiger partial charge is 0.508 e. The zero-order valence-corrected chi connectivity index (χ0v) is 12.3. The first-order valence-electron chi connectivity index (χ1n) is 7.16. The third-order valence-electron chi connectivity index (χ3n) is 2.67. The summed E-state index contributed by atoms with van der Waals surface area (Å²) >= 11 is 5.60. The Balaban J connectivity index is 3.04. The number of halogens is 1. The van der Waals surface area contributed by atoms with E-state index in [-0.39, 0.29) is 0 Å². The maximum atomic E-state index is 11.0. The van der Waals surface area contributed by atoms with E-state index < -0.39 is 6.16 Å². The molecule has 108 valence electrons. The van der Waals surface area contributed by atoms with Crippen molar-refractivity contribution in [2.75, 3.05) is 19.1 Å². The summed E-state index contributed by atoms with van der Waals surface area (Å²) in [6, 6.07) is 0. The van der Waals surface area contributed by atoms with Gasteiger partial charge in [0.15, 0.2) is 0 Å². The second kappa shape index (κ2) is 14.6. The number of hydrogen-bond donors (Lipinski definition) is 0. The van der Waals surface area contributed by atoms with Crippen LogP contribution in [-0.4, -0.2) is 25.2 Å². The van der Waals surface area contributed by atoms with E-state index in [1.165, 1.54) is 32.1 Å². The van der Waals surface area contributed by atoms with E-state index in [1.807, 2.05) is 6.92 Å². The van der Waals surface area contributed by atoms with Crippen LogP contribution in [0.25, 0.3) is 0 Å². The van der Waals surface area contributed by atoms with Crippen molar-refractivity contribution in [2.24, 2.45) is 0 Å². The highest BCUT2D eigenvalue weighted by Gasteiger charge is 2.01. The van der Waals surface area contributed by atoms with Crippen molar-refractivity contribution in [1.82, 2.24) is 0 Å². The van der Waals surface area contributed by atoms with Gasteiger partial charge >= 0.3 is 6.16 Å². The Hall–Kier alpha value is -0.440. The van der Waals surface area contributed by atoms with Crippen molar-refractivity contribution in [3.8, 4) is 0 Å². The molecule has 0 fully saturated rings. The highest BCUT2D eigenvalue weighted by molar-refractivity contribution is 6.17. The standard InChI is InChI=1S/C14H27ClO3/c1-2-12-17-14(16)18-13-10-8-6-4-3-5-7-9-11-15/h2-13H2,1H3. The molecule has 0 heterocycles. The van der Waals surface area contributed by atoms with Crippen LogP contribution in [0.5, 0.6) is 0 Å². The molecule has 0 saturated carbocycles. The summed E-state index contributed by atoms with van der Waals surface area (Å²) in [6.45, 7) is 2.89. The summed E-state index contributed by atoms with van der Waals surface area (Å²) in [4.78, 5) is 11.0. The summed E-state index contributed by atoms with van der Waals surface area (Å²) in [6.07, 6.45) is 9.79. The first-order valence-corrected chi connectivity index (χ1v) is 7.70. The maximum Gasteiger partial charge on any atom is 0.508 e. The van der Waals surface area contributed by atoms with E-state index >= 15 is 0 Å². The van der Waals surface area contributed by atoms with Crippen molar-refractivity contribution < 1.29 is 14.3 Å². The normalized spacial score (nSPS) is 10.3. The van der Waals surface area contributed by atoms with Crippen molar-refractivity contribution in [3.63, 3.8) is 0 Å². The molecule has 0 atom stereocenters. The van der Waals surface area contributed by atoms with E-state index in [9.17, 15) is 4.79 Å². The highest BCUT2D eigenvalue weighted by Crippen LogP contribution is 2.09. The monoisotopic (exact) mass is 278 g/mol. The van der Waals surface area contributed by atoms with Crippen LogP contribution in [0.2, 0.25) is 0 Å². The number of carbonyl (C=O) groups excluding carboxylic acids is 1. The minimum absolute atomic E-state index is 0.446. The average molecular weight is 279 g/mol. The number of rotatable bonds is 12. The summed E-state index contributed by atoms with van der Waals surface area (Å²) in [5.74, 6) is 0.783. The smallest absolute Gasteiger partial charge is 0.434 e. The lowest BCUT2D eigenvalue weighted by atomic mass is 10.1. The molecule has 0 aromatic carbocycles. The van der Waals surface area contributed by atoms with Crippen LogP contribution in [0.15, 0.2) is 0 Å². The summed E-state index contributed by atoms with van der Waals surface area (Å²) in [5.41, 5.74) is 0. The number of carbonyl (C=O) groups is 1. The molecule has 0 unspecified atom stereocenters. The lowest BCUT2D eigenvalue weighted by Gasteiger charge is -2.05. The summed E-state index contributed by atoms with van der Waals surface area (Å²) < 4.78 is 9.73. The fraction of sp³-hybridized carbons (Fsp3) is 0.929. The molecule has 0 saturated heterocycles. The van der Waals surface area contributed by atoms with Crippen LogP contribution < -0.4 is 0 Å². The Morgan fingerprint density at radius 2 is 1.33 bits per heavy atom. The first kappa shape index (κ1) is 17.6. The zero-order valence-electron chi connectivity index (χ0n) is 11.6. The maximum absolute atomic E-state index is 11.0. The molecule has 18 heavy (non-hydrogen) atoms. The van der Waals surface area contributed by atoms with Gasteiger partial charge in [0.05, 0.1) is 13.2 Å². The molecule has 0 radical (unpaired) electrons. The predicted molar refractivity (Wildman–Crippen MR) is 75.2 cm³/mol. The van der Waals surface area contributed by atoms with Gasteiger partial charge in [0.1, 0.15) is 0 Å². The molecule has 0 aromatic rings. The second-order valence-corrected chi connectivity index (χ2v) is 4.84. The third-order valence-corrected chi connectivity index (χ3v) is 2.94. The van der Waals surface area contributed by atoms with Crippen LogP contribution in [-0.2, 0) is 9.47 Å². The van der Waals surface area contributed by atoms with Crippen molar-refractivity contribution >= 4 is 17.8 Å². The second-order valence-electron chi connectivity index (χ2n) is 4.46. The Labute approximate surface area is 116 Å². The highest BCUT2D eigenvalue weighted by atomic mass is 35.5. The summed E-state index contributed by atoms with van der Waals surface area (Å²) in [7, 11) is 0. The Morgan fingerprint density at radius 1 is 0.833 bits per heavy atom. The van der Waals surface area contributed by atoms with Crippen molar-refractivity contribution in [2.45, 2.75) is 64.7 Å². The molecule has 0 N–H and O–H groups in total. The lowest BCUT2D eigenvalue weighted by molar-refractivity contribution is 0.0542. The predicted octanol–water partition coefficient (Wildman–Crippen LogP) is 4.91. The average Bonchev–Trinajstić information content (AvgIpc) is 2.38. The Kier molecular flexibility index (Phi) is 14.3. The van der Waals surface area contributed by atoms with E-state index in [2.05, 4.69) is 0 Å². The van der Waals surface area contributed by atoms with Gasteiger partial charge in [0.25, 0.3) is 0 Å².